The zero-order valence-corrected chi connectivity index (χ0v) is 11.4. The van der Waals surface area contributed by atoms with Crippen molar-refractivity contribution in [2.24, 2.45) is 5.73 Å². The summed E-state index contributed by atoms with van der Waals surface area (Å²) in [4.78, 5) is 11.7. The number of hydrogen-bond acceptors (Lipinski definition) is 3. The second-order valence-corrected chi connectivity index (χ2v) is 4.52. The molecule has 0 aliphatic carbocycles. The van der Waals surface area contributed by atoms with E-state index >= 15 is 0 Å². The fourth-order valence-corrected chi connectivity index (χ4v) is 1.22. The summed E-state index contributed by atoms with van der Waals surface area (Å²) in [7, 11) is 1.37. The average molecular weight is 277 g/mol. The molecule has 6 heteroatoms. The van der Waals surface area contributed by atoms with Crippen LogP contribution in [0.4, 0.5) is 4.39 Å². The number of carbonyl (C=O) groups is 1. The Bertz CT molecular complexity index is 419. The molecule has 0 aliphatic heterocycles. The molecule has 4 nitrogen and oxygen atoms in total. The van der Waals surface area contributed by atoms with E-state index in [0.29, 0.717) is 6.54 Å². The largest absolute Gasteiger partial charge is 0.494 e. The Balaban J connectivity index is 0.00000289. The van der Waals surface area contributed by atoms with Crippen LogP contribution in [0.25, 0.3) is 0 Å². The van der Waals surface area contributed by atoms with Crippen LogP contribution in [0, 0.1) is 5.82 Å². The highest BCUT2D eigenvalue weighted by molar-refractivity contribution is 5.94. The van der Waals surface area contributed by atoms with E-state index < -0.39 is 11.4 Å². The van der Waals surface area contributed by atoms with Crippen molar-refractivity contribution < 1.29 is 13.9 Å². The molecule has 0 fully saturated rings. The molecule has 18 heavy (non-hydrogen) atoms. The van der Waals surface area contributed by atoms with Gasteiger partial charge < -0.3 is 15.8 Å². The number of carbonyl (C=O) groups excluding carboxylic acids is 1. The van der Waals surface area contributed by atoms with Crippen molar-refractivity contribution in [1.29, 1.82) is 0 Å². The van der Waals surface area contributed by atoms with Gasteiger partial charge in [0, 0.05) is 17.6 Å². The number of rotatable bonds is 4. The minimum absolute atomic E-state index is 0. The number of nitrogens with two attached hydrogens (primary N) is 1. The van der Waals surface area contributed by atoms with E-state index in [-0.39, 0.29) is 29.6 Å². The van der Waals surface area contributed by atoms with Crippen LogP contribution in [-0.4, -0.2) is 25.1 Å². The van der Waals surface area contributed by atoms with Crippen molar-refractivity contribution in [2.75, 3.05) is 13.7 Å². The molecule has 0 unspecified atom stereocenters. The summed E-state index contributed by atoms with van der Waals surface area (Å²) in [6.07, 6.45) is 0. The third-order valence-electron chi connectivity index (χ3n) is 2.12. The van der Waals surface area contributed by atoms with Gasteiger partial charge in [0.2, 0.25) is 0 Å². The maximum Gasteiger partial charge on any atom is 0.251 e. The number of amides is 1. The zero-order chi connectivity index (χ0) is 13.1. The second kappa shape index (κ2) is 6.56. The maximum atomic E-state index is 13.4. The quantitative estimate of drug-likeness (QED) is 0.880. The molecular formula is C12H18ClFN2O2. The van der Waals surface area contributed by atoms with Gasteiger partial charge in [-0.15, -0.1) is 12.4 Å². The molecule has 0 bridgehead atoms. The summed E-state index contributed by atoms with van der Waals surface area (Å²) in [5, 5.41) is 2.63. The van der Waals surface area contributed by atoms with Gasteiger partial charge in [-0.05, 0) is 32.0 Å². The Labute approximate surface area is 112 Å². The molecule has 0 saturated carbocycles. The van der Waals surface area contributed by atoms with Gasteiger partial charge in [-0.3, -0.25) is 4.79 Å². The molecule has 1 aromatic carbocycles. The number of benzene rings is 1. The first-order chi connectivity index (χ1) is 7.83. The fourth-order valence-electron chi connectivity index (χ4n) is 1.22. The van der Waals surface area contributed by atoms with E-state index in [2.05, 4.69) is 5.32 Å². The Hall–Kier alpha value is -1.33. The van der Waals surface area contributed by atoms with E-state index in [1.54, 1.807) is 13.8 Å². The van der Waals surface area contributed by atoms with Crippen LogP contribution in [-0.2, 0) is 0 Å². The molecule has 102 valence electrons. The Kier molecular flexibility index (Phi) is 6.08. The van der Waals surface area contributed by atoms with Crippen molar-refractivity contribution in [1.82, 2.24) is 5.32 Å². The number of nitrogens with one attached hydrogen (secondary N) is 1. The number of ether oxygens (including phenoxy) is 1. The standard InChI is InChI=1S/C12H17FN2O2.ClH/c1-12(2,14)7-15-11(16)8-4-5-10(17-3)9(13)6-8;/h4-6H,7,14H2,1-3H3,(H,15,16);1H. The number of halogens is 2. The van der Waals surface area contributed by atoms with Crippen molar-refractivity contribution in [3.05, 3.63) is 29.6 Å². The Morgan fingerprint density at radius 3 is 2.56 bits per heavy atom. The van der Waals surface area contributed by atoms with Gasteiger partial charge in [-0.25, -0.2) is 4.39 Å². The van der Waals surface area contributed by atoms with Crippen LogP contribution in [0.2, 0.25) is 0 Å². The molecule has 0 aliphatic rings. The van der Waals surface area contributed by atoms with Crippen LogP contribution in [0.15, 0.2) is 18.2 Å². The predicted molar refractivity (Wildman–Crippen MR) is 70.8 cm³/mol. The van der Waals surface area contributed by atoms with Crippen LogP contribution in [0.5, 0.6) is 5.75 Å². The van der Waals surface area contributed by atoms with Gasteiger partial charge in [0.05, 0.1) is 7.11 Å². The molecule has 3 N–H and O–H groups in total. The van der Waals surface area contributed by atoms with Crippen LogP contribution in [0.3, 0.4) is 0 Å². The molecule has 0 spiro atoms. The van der Waals surface area contributed by atoms with Crippen LogP contribution in [0.1, 0.15) is 24.2 Å². The number of methoxy groups -OCH3 is 1. The van der Waals surface area contributed by atoms with Crippen LogP contribution < -0.4 is 15.8 Å². The van der Waals surface area contributed by atoms with Gasteiger partial charge in [-0.2, -0.15) is 0 Å². The first-order valence-electron chi connectivity index (χ1n) is 5.24. The summed E-state index contributed by atoms with van der Waals surface area (Å²) in [5.41, 5.74) is 5.47. The smallest absolute Gasteiger partial charge is 0.251 e. The Morgan fingerprint density at radius 2 is 2.11 bits per heavy atom. The second-order valence-electron chi connectivity index (χ2n) is 4.52. The fraction of sp³-hybridized carbons (Fsp3) is 0.417. The van der Waals surface area contributed by atoms with Crippen molar-refractivity contribution in [2.45, 2.75) is 19.4 Å². The molecule has 0 aromatic heterocycles. The monoisotopic (exact) mass is 276 g/mol. The molecule has 0 saturated heterocycles. The summed E-state index contributed by atoms with van der Waals surface area (Å²) >= 11 is 0. The zero-order valence-electron chi connectivity index (χ0n) is 10.6. The highest BCUT2D eigenvalue weighted by Crippen LogP contribution is 2.17. The van der Waals surface area contributed by atoms with E-state index in [9.17, 15) is 9.18 Å². The van der Waals surface area contributed by atoms with Gasteiger partial charge >= 0.3 is 0 Å². The summed E-state index contributed by atoms with van der Waals surface area (Å²) in [6, 6.07) is 4.05. The predicted octanol–water partition coefficient (Wildman–Crippen LogP) is 1.72. The van der Waals surface area contributed by atoms with Crippen LogP contribution >= 0.6 is 12.4 Å². The lowest BCUT2D eigenvalue weighted by Gasteiger charge is -2.18. The Morgan fingerprint density at radius 1 is 1.50 bits per heavy atom. The lowest BCUT2D eigenvalue weighted by molar-refractivity contribution is 0.0945. The van der Waals surface area contributed by atoms with Crippen molar-refractivity contribution in [3.8, 4) is 5.75 Å². The molecule has 0 radical (unpaired) electrons. The number of hydrogen-bond donors (Lipinski definition) is 2. The first kappa shape index (κ1) is 16.7. The lowest BCUT2D eigenvalue weighted by Crippen LogP contribution is -2.45. The molecule has 1 amide bonds. The molecule has 1 aromatic rings. The summed E-state index contributed by atoms with van der Waals surface area (Å²) in [5.74, 6) is -0.807. The minimum atomic E-state index is -0.563. The van der Waals surface area contributed by atoms with E-state index in [4.69, 9.17) is 10.5 Å². The van der Waals surface area contributed by atoms with Gasteiger partial charge in [0.1, 0.15) is 0 Å². The molecule has 0 atom stereocenters. The molecule has 0 heterocycles. The highest BCUT2D eigenvalue weighted by atomic mass is 35.5. The minimum Gasteiger partial charge on any atom is -0.494 e. The van der Waals surface area contributed by atoms with Gasteiger partial charge in [0.15, 0.2) is 11.6 Å². The molecular weight excluding hydrogens is 259 g/mol. The SMILES string of the molecule is COc1ccc(C(=O)NCC(C)(C)N)cc1F.Cl. The van der Waals surface area contributed by atoms with Gasteiger partial charge in [-0.1, -0.05) is 0 Å². The van der Waals surface area contributed by atoms with Gasteiger partial charge in [0.25, 0.3) is 5.91 Å². The molecule has 1 rings (SSSR count). The highest BCUT2D eigenvalue weighted by Gasteiger charge is 2.14. The van der Waals surface area contributed by atoms with E-state index in [1.807, 2.05) is 0 Å². The first-order valence-corrected chi connectivity index (χ1v) is 5.24. The summed E-state index contributed by atoms with van der Waals surface area (Å²) in [6.45, 7) is 3.91. The van der Waals surface area contributed by atoms with Crippen molar-refractivity contribution >= 4 is 18.3 Å². The summed E-state index contributed by atoms with van der Waals surface area (Å²) < 4.78 is 18.1. The van der Waals surface area contributed by atoms with E-state index in [1.165, 1.54) is 19.2 Å². The average Bonchev–Trinajstić information content (AvgIpc) is 2.24. The van der Waals surface area contributed by atoms with E-state index in [0.717, 1.165) is 6.07 Å². The maximum absolute atomic E-state index is 13.4. The topological polar surface area (TPSA) is 64.3 Å². The normalized spacial score (nSPS) is 10.5. The third-order valence-corrected chi connectivity index (χ3v) is 2.12. The third kappa shape index (κ3) is 4.89. The lowest BCUT2D eigenvalue weighted by atomic mass is 10.1. The van der Waals surface area contributed by atoms with Crippen molar-refractivity contribution in [3.63, 3.8) is 0 Å².